The summed E-state index contributed by atoms with van der Waals surface area (Å²) in [6.07, 6.45) is 2.41. The van der Waals surface area contributed by atoms with Gasteiger partial charge < -0.3 is 5.73 Å². The maximum absolute atomic E-state index is 5.59. The Hall–Kier alpha value is -1.03. The normalized spacial score (nSPS) is 29.7. The molecule has 1 unspecified atom stereocenters. The van der Waals surface area contributed by atoms with Gasteiger partial charge in [0.1, 0.15) is 5.82 Å². The van der Waals surface area contributed by atoms with Gasteiger partial charge in [-0.3, -0.25) is 10.00 Å². The second-order valence-corrected chi connectivity index (χ2v) is 4.01. The van der Waals surface area contributed by atoms with Crippen LogP contribution in [0.4, 0.5) is 5.82 Å². The monoisotopic (exact) mass is 180 g/mol. The predicted molar refractivity (Wildman–Crippen MR) is 52.2 cm³/mol. The Morgan fingerprint density at radius 2 is 2.46 bits per heavy atom. The molecule has 1 fully saturated rings. The van der Waals surface area contributed by atoms with Crippen molar-refractivity contribution in [3.05, 3.63) is 11.8 Å². The Kier molecular flexibility index (Phi) is 1.80. The van der Waals surface area contributed by atoms with Gasteiger partial charge in [0.25, 0.3) is 0 Å². The molecule has 1 aromatic heterocycles. The number of aromatic amines is 1. The number of nitrogens with one attached hydrogen (secondary N) is 1. The Bertz CT molecular complexity index is 306. The summed E-state index contributed by atoms with van der Waals surface area (Å²) in [5.74, 6) is 0.580. The molecule has 3 N–H and O–H groups in total. The van der Waals surface area contributed by atoms with E-state index in [-0.39, 0.29) is 5.54 Å². The first-order valence-corrected chi connectivity index (χ1v) is 4.65. The molecule has 2 heterocycles. The van der Waals surface area contributed by atoms with Crippen LogP contribution >= 0.6 is 0 Å². The minimum absolute atomic E-state index is 0.102. The van der Waals surface area contributed by atoms with Gasteiger partial charge in [-0.2, -0.15) is 5.10 Å². The van der Waals surface area contributed by atoms with E-state index in [0.29, 0.717) is 5.82 Å². The Labute approximate surface area is 78.1 Å². The van der Waals surface area contributed by atoms with Crippen molar-refractivity contribution in [2.75, 3.05) is 19.3 Å². The SMILES string of the molecule is CN1CCCC1(C)c1cc(N)n[nH]1. The lowest BCUT2D eigenvalue weighted by atomic mass is 9.95. The first kappa shape index (κ1) is 8.56. The quantitative estimate of drug-likeness (QED) is 0.676. The van der Waals surface area contributed by atoms with Crippen LogP contribution in [0.25, 0.3) is 0 Å². The van der Waals surface area contributed by atoms with E-state index < -0.39 is 0 Å². The summed E-state index contributed by atoms with van der Waals surface area (Å²) in [6.45, 7) is 3.38. The second-order valence-electron chi connectivity index (χ2n) is 4.01. The summed E-state index contributed by atoms with van der Waals surface area (Å²) in [6, 6.07) is 1.93. The average molecular weight is 180 g/mol. The van der Waals surface area contributed by atoms with E-state index in [1.807, 2.05) is 6.07 Å². The van der Waals surface area contributed by atoms with Gasteiger partial charge in [-0.05, 0) is 33.4 Å². The van der Waals surface area contributed by atoms with E-state index in [9.17, 15) is 0 Å². The number of anilines is 1. The number of rotatable bonds is 1. The highest BCUT2D eigenvalue weighted by atomic mass is 15.2. The van der Waals surface area contributed by atoms with Crippen LogP contribution in [0.15, 0.2) is 6.07 Å². The smallest absolute Gasteiger partial charge is 0.145 e. The summed E-state index contributed by atoms with van der Waals surface area (Å²) in [7, 11) is 2.14. The number of hydrogen-bond donors (Lipinski definition) is 2. The van der Waals surface area contributed by atoms with Crippen LogP contribution < -0.4 is 5.73 Å². The Balaban J connectivity index is 2.33. The molecule has 13 heavy (non-hydrogen) atoms. The van der Waals surface area contributed by atoms with Crippen LogP contribution in [0.3, 0.4) is 0 Å². The van der Waals surface area contributed by atoms with Gasteiger partial charge >= 0.3 is 0 Å². The van der Waals surface area contributed by atoms with Gasteiger partial charge in [-0.15, -0.1) is 0 Å². The van der Waals surface area contributed by atoms with Gasteiger partial charge in [0, 0.05) is 6.07 Å². The zero-order valence-electron chi connectivity index (χ0n) is 8.17. The maximum Gasteiger partial charge on any atom is 0.145 e. The molecular formula is C9H16N4. The van der Waals surface area contributed by atoms with Crippen LogP contribution in [0.5, 0.6) is 0 Å². The van der Waals surface area contributed by atoms with Crippen LogP contribution in [0, 0.1) is 0 Å². The molecule has 1 aromatic rings. The number of aromatic nitrogens is 2. The molecule has 0 spiro atoms. The highest BCUT2D eigenvalue weighted by molar-refractivity contribution is 5.32. The summed E-state index contributed by atoms with van der Waals surface area (Å²) < 4.78 is 0. The third-order valence-corrected chi connectivity index (χ3v) is 3.18. The van der Waals surface area contributed by atoms with Crippen molar-refractivity contribution >= 4 is 5.82 Å². The highest BCUT2D eigenvalue weighted by Crippen LogP contribution is 2.36. The van der Waals surface area contributed by atoms with Crippen LogP contribution in [-0.4, -0.2) is 28.7 Å². The molecule has 4 heteroatoms. The lowest BCUT2D eigenvalue weighted by Gasteiger charge is -2.30. The number of hydrogen-bond acceptors (Lipinski definition) is 3. The molecule has 0 aliphatic carbocycles. The van der Waals surface area contributed by atoms with E-state index in [0.717, 1.165) is 12.2 Å². The highest BCUT2D eigenvalue weighted by Gasteiger charge is 2.36. The average Bonchev–Trinajstić information content (AvgIpc) is 2.62. The molecule has 4 nitrogen and oxygen atoms in total. The summed E-state index contributed by atoms with van der Waals surface area (Å²) in [4.78, 5) is 2.35. The van der Waals surface area contributed by atoms with E-state index in [4.69, 9.17) is 5.73 Å². The Morgan fingerprint density at radius 3 is 2.92 bits per heavy atom. The number of nitrogen functional groups attached to an aromatic ring is 1. The maximum atomic E-state index is 5.59. The molecule has 1 aliphatic heterocycles. The largest absolute Gasteiger partial charge is 0.382 e. The van der Waals surface area contributed by atoms with Crippen molar-refractivity contribution in [2.45, 2.75) is 25.3 Å². The van der Waals surface area contributed by atoms with E-state index in [2.05, 4.69) is 29.1 Å². The lowest BCUT2D eigenvalue weighted by molar-refractivity contribution is 0.191. The molecule has 2 rings (SSSR count). The Morgan fingerprint density at radius 1 is 1.69 bits per heavy atom. The molecule has 0 aromatic carbocycles. The van der Waals surface area contributed by atoms with Gasteiger partial charge in [0.05, 0.1) is 11.2 Å². The zero-order valence-corrected chi connectivity index (χ0v) is 8.17. The van der Waals surface area contributed by atoms with Gasteiger partial charge in [-0.25, -0.2) is 0 Å². The lowest BCUT2D eigenvalue weighted by Crippen LogP contribution is -2.35. The van der Waals surface area contributed by atoms with Crippen molar-refractivity contribution < 1.29 is 0 Å². The molecule has 1 aliphatic rings. The first-order valence-electron chi connectivity index (χ1n) is 4.65. The van der Waals surface area contributed by atoms with E-state index in [1.54, 1.807) is 0 Å². The fourth-order valence-corrected chi connectivity index (χ4v) is 2.05. The van der Waals surface area contributed by atoms with Gasteiger partial charge in [0.2, 0.25) is 0 Å². The minimum Gasteiger partial charge on any atom is -0.382 e. The summed E-state index contributed by atoms with van der Waals surface area (Å²) >= 11 is 0. The van der Waals surface area contributed by atoms with Crippen molar-refractivity contribution in [3.8, 4) is 0 Å². The minimum atomic E-state index is 0.102. The van der Waals surface area contributed by atoms with E-state index in [1.165, 1.54) is 12.8 Å². The number of nitrogens with two attached hydrogens (primary N) is 1. The third kappa shape index (κ3) is 1.21. The molecular weight excluding hydrogens is 164 g/mol. The number of nitrogens with zero attached hydrogens (tertiary/aromatic N) is 2. The molecule has 0 amide bonds. The topological polar surface area (TPSA) is 57.9 Å². The van der Waals surface area contributed by atoms with Gasteiger partial charge in [0.15, 0.2) is 0 Å². The number of likely N-dealkylation sites (tertiary alicyclic amines) is 1. The molecule has 1 saturated heterocycles. The molecule has 0 radical (unpaired) electrons. The van der Waals surface area contributed by atoms with Crippen molar-refractivity contribution in [2.24, 2.45) is 0 Å². The number of H-pyrrole nitrogens is 1. The zero-order chi connectivity index (χ0) is 9.47. The standard InChI is InChI=1S/C9H16N4/c1-9(4-3-5-13(9)2)7-6-8(10)12-11-7/h6H,3-5H2,1-2H3,(H3,10,11,12). The fourth-order valence-electron chi connectivity index (χ4n) is 2.05. The molecule has 1 atom stereocenters. The van der Waals surface area contributed by atoms with Crippen molar-refractivity contribution in [1.29, 1.82) is 0 Å². The van der Waals surface area contributed by atoms with Gasteiger partial charge in [-0.1, -0.05) is 0 Å². The summed E-state index contributed by atoms with van der Waals surface area (Å²) in [5.41, 5.74) is 6.82. The fraction of sp³-hybridized carbons (Fsp3) is 0.667. The van der Waals surface area contributed by atoms with E-state index >= 15 is 0 Å². The molecule has 72 valence electrons. The van der Waals surface area contributed by atoms with Crippen LogP contribution in [-0.2, 0) is 5.54 Å². The van der Waals surface area contributed by atoms with Crippen LogP contribution in [0.2, 0.25) is 0 Å². The second kappa shape index (κ2) is 2.73. The summed E-state index contributed by atoms with van der Waals surface area (Å²) in [5, 5.41) is 6.97. The van der Waals surface area contributed by atoms with Crippen molar-refractivity contribution in [3.63, 3.8) is 0 Å². The molecule has 0 bridgehead atoms. The van der Waals surface area contributed by atoms with Crippen molar-refractivity contribution in [1.82, 2.24) is 15.1 Å². The predicted octanol–water partition coefficient (Wildman–Crippen LogP) is 0.933. The molecule has 0 saturated carbocycles. The first-order chi connectivity index (χ1) is 6.13. The van der Waals surface area contributed by atoms with Crippen LogP contribution in [0.1, 0.15) is 25.5 Å². The third-order valence-electron chi connectivity index (χ3n) is 3.18.